The predicted molar refractivity (Wildman–Crippen MR) is 124 cm³/mol. The fourth-order valence-electron chi connectivity index (χ4n) is 2.78. The predicted octanol–water partition coefficient (Wildman–Crippen LogP) is 5.27. The van der Waals surface area contributed by atoms with Gasteiger partial charge in [-0.1, -0.05) is 47.5 Å². The normalized spacial score (nSPS) is 11.5. The summed E-state index contributed by atoms with van der Waals surface area (Å²) in [6.45, 7) is 3.60. The van der Waals surface area contributed by atoms with Crippen molar-refractivity contribution < 1.29 is 17.4 Å². The van der Waals surface area contributed by atoms with Gasteiger partial charge in [-0.05, 0) is 67.4 Å². The number of benzene rings is 3. The van der Waals surface area contributed by atoms with Crippen LogP contribution >= 0.6 is 11.6 Å². The van der Waals surface area contributed by atoms with Crippen molar-refractivity contribution in [3.05, 3.63) is 94.0 Å². The number of anilines is 1. The van der Waals surface area contributed by atoms with Gasteiger partial charge in [0.2, 0.25) is 0 Å². The molecule has 0 aliphatic heterocycles. The monoisotopic (exact) mass is 466 g/mol. The van der Waals surface area contributed by atoms with Gasteiger partial charge in [0.05, 0.1) is 0 Å². The molecule has 6 nitrogen and oxygen atoms in total. The third-order valence-electron chi connectivity index (χ3n) is 4.57. The summed E-state index contributed by atoms with van der Waals surface area (Å²) in [6.07, 6.45) is 1.35. The first-order valence-corrected chi connectivity index (χ1v) is 11.3. The van der Waals surface area contributed by atoms with E-state index >= 15 is 0 Å². The van der Waals surface area contributed by atoms with E-state index in [0.717, 1.165) is 5.56 Å². The van der Waals surface area contributed by atoms with Gasteiger partial charge in [0, 0.05) is 10.7 Å². The number of hydrogen-bond donors (Lipinski definition) is 1. The van der Waals surface area contributed by atoms with Gasteiger partial charge >= 0.3 is 10.1 Å². The van der Waals surface area contributed by atoms with Crippen LogP contribution in [0.5, 0.6) is 5.75 Å². The van der Waals surface area contributed by atoms with E-state index in [9.17, 15) is 18.5 Å². The van der Waals surface area contributed by atoms with Crippen LogP contribution in [0, 0.1) is 25.2 Å². The Balaban J connectivity index is 1.82. The van der Waals surface area contributed by atoms with E-state index in [1.807, 2.05) is 13.0 Å². The Morgan fingerprint density at radius 2 is 1.75 bits per heavy atom. The first kappa shape index (κ1) is 23.1. The van der Waals surface area contributed by atoms with Crippen LogP contribution in [0.25, 0.3) is 6.08 Å². The Morgan fingerprint density at radius 3 is 2.44 bits per heavy atom. The van der Waals surface area contributed by atoms with Gasteiger partial charge in [-0.15, -0.1) is 0 Å². The van der Waals surface area contributed by atoms with Crippen LogP contribution in [0.3, 0.4) is 0 Å². The fourth-order valence-corrected chi connectivity index (χ4v) is 3.88. The summed E-state index contributed by atoms with van der Waals surface area (Å²) in [5, 5.41) is 12.6. The van der Waals surface area contributed by atoms with Crippen LogP contribution in [0.1, 0.15) is 16.7 Å². The number of amides is 1. The quantitative estimate of drug-likeness (QED) is 0.303. The van der Waals surface area contributed by atoms with Gasteiger partial charge in [-0.2, -0.15) is 13.7 Å². The maximum atomic E-state index is 12.6. The molecular weight excluding hydrogens is 448 g/mol. The lowest BCUT2D eigenvalue weighted by Crippen LogP contribution is -2.14. The molecule has 0 saturated heterocycles. The summed E-state index contributed by atoms with van der Waals surface area (Å²) in [7, 11) is -4.02. The highest BCUT2D eigenvalue weighted by molar-refractivity contribution is 7.87. The van der Waals surface area contributed by atoms with E-state index < -0.39 is 16.0 Å². The number of carbonyl (C=O) groups excluding carboxylic acids is 1. The van der Waals surface area contributed by atoms with Crippen molar-refractivity contribution in [1.29, 1.82) is 5.26 Å². The summed E-state index contributed by atoms with van der Waals surface area (Å²) in [5.74, 6) is -0.556. The Kier molecular flexibility index (Phi) is 6.98. The molecule has 0 unspecified atom stereocenters. The number of carbonyl (C=O) groups is 1. The van der Waals surface area contributed by atoms with E-state index in [2.05, 4.69) is 5.32 Å². The van der Waals surface area contributed by atoms with Crippen LogP contribution < -0.4 is 9.50 Å². The number of halogens is 1. The third kappa shape index (κ3) is 5.55. The minimum atomic E-state index is -4.02. The van der Waals surface area contributed by atoms with E-state index in [-0.39, 0.29) is 16.2 Å². The first-order chi connectivity index (χ1) is 15.2. The minimum absolute atomic E-state index is 0.0260. The van der Waals surface area contributed by atoms with Crippen molar-refractivity contribution in [3.63, 3.8) is 0 Å². The molecule has 0 spiro atoms. The molecule has 3 aromatic carbocycles. The molecule has 162 valence electrons. The molecule has 3 rings (SSSR count). The van der Waals surface area contributed by atoms with E-state index in [1.165, 1.54) is 30.3 Å². The highest BCUT2D eigenvalue weighted by Crippen LogP contribution is 2.24. The zero-order valence-corrected chi connectivity index (χ0v) is 18.9. The van der Waals surface area contributed by atoms with Gasteiger partial charge in [0.25, 0.3) is 5.91 Å². The number of aryl methyl sites for hydroxylation is 1. The Bertz CT molecular complexity index is 1340. The van der Waals surface area contributed by atoms with Gasteiger partial charge in [0.15, 0.2) is 0 Å². The van der Waals surface area contributed by atoms with Crippen LogP contribution in [-0.2, 0) is 14.9 Å². The second kappa shape index (κ2) is 9.69. The average Bonchev–Trinajstić information content (AvgIpc) is 2.75. The van der Waals surface area contributed by atoms with Crippen LogP contribution in [0.4, 0.5) is 5.69 Å². The van der Waals surface area contributed by atoms with E-state index in [1.54, 1.807) is 49.4 Å². The van der Waals surface area contributed by atoms with Gasteiger partial charge in [0.1, 0.15) is 22.3 Å². The molecule has 3 aromatic rings. The van der Waals surface area contributed by atoms with Crippen LogP contribution in [0.15, 0.2) is 77.2 Å². The zero-order chi connectivity index (χ0) is 23.3. The highest BCUT2D eigenvalue weighted by atomic mass is 35.5. The molecule has 0 saturated carbocycles. The van der Waals surface area contributed by atoms with E-state index in [4.69, 9.17) is 15.8 Å². The maximum absolute atomic E-state index is 12.6. The third-order valence-corrected chi connectivity index (χ3v) is 6.24. The number of nitrogens with zero attached hydrogens (tertiary/aromatic N) is 1. The van der Waals surface area contributed by atoms with Crippen molar-refractivity contribution in [2.45, 2.75) is 18.7 Å². The number of hydrogen-bond acceptors (Lipinski definition) is 5. The van der Waals surface area contributed by atoms with Crippen molar-refractivity contribution in [2.75, 3.05) is 5.32 Å². The second-order valence-electron chi connectivity index (χ2n) is 6.96. The first-order valence-electron chi connectivity index (χ1n) is 9.49. The molecule has 0 heterocycles. The minimum Gasteiger partial charge on any atom is -0.379 e. The molecular formula is C24H19ClN2O4S. The fraction of sp³-hybridized carbons (Fsp3) is 0.0833. The number of rotatable bonds is 6. The standard InChI is InChI=1S/C24H19ClN2O4S/c1-16-9-11-21(12-10-16)32(29,30)31-20-6-3-5-18(14-20)13-19(15-26)24(28)27-23-8-4-7-22(25)17(23)2/h3-14H,1-2H3,(H,27,28)/b19-13-. The van der Waals surface area contributed by atoms with Crippen LogP contribution in [-0.4, -0.2) is 14.3 Å². The Morgan fingerprint density at radius 1 is 1.06 bits per heavy atom. The highest BCUT2D eigenvalue weighted by Gasteiger charge is 2.17. The average molecular weight is 467 g/mol. The van der Waals surface area contributed by atoms with Gasteiger partial charge in [-0.25, -0.2) is 0 Å². The molecule has 0 fully saturated rings. The Hall–Kier alpha value is -3.60. The molecule has 0 radical (unpaired) electrons. The van der Waals surface area contributed by atoms with Crippen molar-refractivity contribution in [2.24, 2.45) is 0 Å². The topological polar surface area (TPSA) is 96.3 Å². The summed E-state index contributed by atoms with van der Waals surface area (Å²) >= 11 is 6.07. The molecule has 1 N–H and O–H groups in total. The summed E-state index contributed by atoms with van der Waals surface area (Å²) in [5.41, 5.74) is 2.35. The molecule has 0 aromatic heterocycles. The second-order valence-corrected chi connectivity index (χ2v) is 8.91. The molecule has 0 aliphatic rings. The molecule has 1 amide bonds. The van der Waals surface area contributed by atoms with Crippen molar-refractivity contribution in [1.82, 2.24) is 0 Å². The lowest BCUT2D eigenvalue weighted by molar-refractivity contribution is -0.112. The molecule has 0 aliphatic carbocycles. The van der Waals surface area contributed by atoms with E-state index in [0.29, 0.717) is 21.8 Å². The Labute approximate surface area is 191 Å². The van der Waals surface area contributed by atoms with Gasteiger partial charge in [-0.3, -0.25) is 4.79 Å². The smallest absolute Gasteiger partial charge is 0.339 e. The molecule has 0 bridgehead atoms. The largest absolute Gasteiger partial charge is 0.379 e. The summed E-state index contributed by atoms with van der Waals surface area (Å²) in [4.78, 5) is 12.6. The molecule has 0 atom stereocenters. The SMILES string of the molecule is Cc1ccc(S(=O)(=O)Oc2cccc(/C=C(/C#N)C(=O)Nc3cccc(Cl)c3C)c2)cc1. The molecule has 32 heavy (non-hydrogen) atoms. The van der Waals surface area contributed by atoms with Crippen LogP contribution in [0.2, 0.25) is 5.02 Å². The number of nitrogens with one attached hydrogen (secondary N) is 1. The zero-order valence-electron chi connectivity index (χ0n) is 17.3. The summed E-state index contributed by atoms with van der Waals surface area (Å²) < 4.78 is 30.2. The maximum Gasteiger partial charge on any atom is 0.339 e. The summed E-state index contributed by atoms with van der Waals surface area (Å²) in [6, 6.07) is 19.3. The van der Waals surface area contributed by atoms with Gasteiger partial charge < -0.3 is 9.50 Å². The lowest BCUT2D eigenvalue weighted by atomic mass is 10.1. The van der Waals surface area contributed by atoms with Crippen molar-refractivity contribution in [3.8, 4) is 11.8 Å². The van der Waals surface area contributed by atoms with Crippen molar-refractivity contribution >= 4 is 39.4 Å². The molecule has 8 heteroatoms. The number of nitriles is 1. The lowest BCUT2D eigenvalue weighted by Gasteiger charge is -2.09.